The second kappa shape index (κ2) is 6.49. The maximum atomic E-state index is 12.6. The van der Waals surface area contributed by atoms with Crippen molar-refractivity contribution in [3.63, 3.8) is 0 Å². The molecule has 0 radical (unpaired) electrons. The Morgan fingerprint density at radius 3 is 2.48 bits per heavy atom. The van der Waals surface area contributed by atoms with Crippen LogP contribution in [0, 0.1) is 13.8 Å². The van der Waals surface area contributed by atoms with Crippen LogP contribution in [-0.4, -0.2) is 16.4 Å². The zero-order valence-electron chi connectivity index (χ0n) is 12.2. The van der Waals surface area contributed by atoms with Gasteiger partial charge < -0.3 is 10.3 Å². The van der Waals surface area contributed by atoms with Crippen LogP contribution in [0.2, 0.25) is 0 Å². The van der Waals surface area contributed by atoms with Crippen molar-refractivity contribution in [3.8, 4) is 0 Å². The lowest BCUT2D eigenvalue weighted by molar-refractivity contribution is -0.0328. The van der Waals surface area contributed by atoms with Crippen LogP contribution < -0.4 is 10.9 Å². The van der Waals surface area contributed by atoms with Crippen molar-refractivity contribution in [1.82, 2.24) is 4.98 Å². The highest BCUT2D eigenvalue weighted by Crippen LogP contribution is 2.40. The standard InChI is InChI=1S/C15H13F3N2O2S/c1-8-3-6-11(12(7-8)23-15(16,17)18)20-14(22)10-5-4-9(2)19-13(10)21/h3-7H,1-2H3,(H,19,21)(H,20,22). The summed E-state index contributed by atoms with van der Waals surface area (Å²) in [5.74, 6) is -0.765. The monoisotopic (exact) mass is 342 g/mol. The Labute approximate surface area is 134 Å². The number of aryl methyl sites for hydroxylation is 2. The number of anilines is 1. The van der Waals surface area contributed by atoms with E-state index in [1.54, 1.807) is 19.9 Å². The Morgan fingerprint density at radius 2 is 1.87 bits per heavy atom. The van der Waals surface area contributed by atoms with Gasteiger partial charge >= 0.3 is 5.51 Å². The van der Waals surface area contributed by atoms with Crippen LogP contribution in [0.15, 0.2) is 40.0 Å². The van der Waals surface area contributed by atoms with Crippen molar-refractivity contribution in [3.05, 3.63) is 57.5 Å². The van der Waals surface area contributed by atoms with E-state index in [-0.39, 0.29) is 27.9 Å². The lowest BCUT2D eigenvalue weighted by Gasteiger charge is -2.13. The number of aromatic nitrogens is 1. The highest BCUT2D eigenvalue weighted by Gasteiger charge is 2.30. The van der Waals surface area contributed by atoms with Gasteiger partial charge in [-0.15, -0.1) is 0 Å². The Morgan fingerprint density at radius 1 is 1.17 bits per heavy atom. The number of alkyl halides is 3. The first-order valence-electron chi connectivity index (χ1n) is 6.53. The van der Waals surface area contributed by atoms with Crippen LogP contribution >= 0.6 is 11.8 Å². The highest BCUT2D eigenvalue weighted by atomic mass is 32.2. The minimum atomic E-state index is -4.48. The van der Waals surface area contributed by atoms with Crippen LogP contribution in [-0.2, 0) is 0 Å². The number of hydrogen-bond donors (Lipinski definition) is 2. The zero-order valence-corrected chi connectivity index (χ0v) is 13.1. The van der Waals surface area contributed by atoms with E-state index in [0.29, 0.717) is 11.3 Å². The van der Waals surface area contributed by atoms with Crippen LogP contribution in [0.3, 0.4) is 0 Å². The molecular weight excluding hydrogens is 329 g/mol. The van der Waals surface area contributed by atoms with Crippen LogP contribution in [0.1, 0.15) is 21.6 Å². The van der Waals surface area contributed by atoms with Crippen LogP contribution in [0.4, 0.5) is 18.9 Å². The molecule has 1 amide bonds. The van der Waals surface area contributed by atoms with Crippen molar-refractivity contribution in [2.75, 3.05) is 5.32 Å². The fraction of sp³-hybridized carbons (Fsp3) is 0.200. The van der Waals surface area contributed by atoms with Crippen molar-refractivity contribution in [1.29, 1.82) is 0 Å². The molecule has 0 bridgehead atoms. The number of benzene rings is 1. The molecule has 2 N–H and O–H groups in total. The molecular formula is C15H13F3N2O2S. The van der Waals surface area contributed by atoms with Crippen LogP contribution in [0.5, 0.6) is 0 Å². The number of rotatable bonds is 3. The number of carbonyl (C=O) groups is 1. The summed E-state index contributed by atoms with van der Waals surface area (Å²) in [5.41, 5.74) is -4.03. The van der Waals surface area contributed by atoms with E-state index in [2.05, 4.69) is 10.3 Å². The third-order valence-electron chi connectivity index (χ3n) is 2.91. The molecule has 23 heavy (non-hydrogen) atoms. The van der Waals surface area contributed by atoms with Gasteiger partial charge in [-0.25, -0.2) is 0 Å². The fourth-order valence-corrected chi connectivity index (χ4v) is 2.61. The van der Waals surface area contributed by atoms with Gasteiger partial charge in [0, 0.05) is 10.6 Å². The third-order valence-corrected chi connectivity index (χ3v) is 3.70. The number of nitrogens with one attached hydrogen (secondary N) is 2. The van der Waals surface area contributed by atoms with E-state index in [4.69, 9.17) is 0 Å². The molecule has 0 aliphatic heterocycles. The quantitative estimate of drug-likeness (QED) is 0.833. The Bertz CT molecular complexity index is 800. The van der Waals surface area contributed by atoms with E-state index < -0.39 is 17.0 Å². The van der Waals surface area contributed by atoms with Gasteiger partial charge in [-0.3, -0.25) is 9.59 Å². The SMILES string of the molecule is Cc1ccc(NC(=O)c2ccc(C)[nH]c2=O)c(SC(F)(F)F)c1. The first-order chi connectivity index (χ1) is 10.7. The predicted octanol–water partition coefficient (Wildman–Crippen LogP) is 3.86. The summed E-state index contributed by atoms with van der Waals surface area (Å²) in [6.07, 6.45) is 0. The van der Waals surface area contributed by atoms with Gasteiger partial charge in [0.25, 0.3) is 11.5 Å². The largest absolute Gasteiger partial charge is 0.446 e. The maximum Gasteiger partial charge on any atom is 0.446 e. The molecule has 1 aromatic heterocycles. The zero-order chi connectivity index (χ0) is 17.2. The molecule has 8 heteroatoms. The normalized spacial score (nSPS) is 11.3. The van der Waals surface area contributed by atoms with E-state index in [9.17, 15) is 22.8 Å². The maximum absolute atomic E-state index is 12.6. The number of aromatic amines is 1. The first-order valence-corrected chi connectivity index (χ1v) is 7.35. The summed E-state index contributed by atoms with van der Waals surface area (Å²) < 4.78 is 37.9. The van der Waals surface area contributed by atoms with Crippen molar-refractivity contribution < 1.29 is 18.0 Å². The minimum absolute atomic E-state index is 0.00269. The molecule has 4 nitrogen and oxygen atoms in total. The second-order valence-electron chi connectivity index (χ2n) is 4.89. The molecule has 122 valence electrons. The topological polar surface area (TPSA) is 62.0 Å². The van der Waals surface area contributed by atoms with Gasteiger partial charge in [0.1, 0.15) is 5.56 Å². The second-order valence-corrected chi connectivity index (χ2v) is 5.99. The van der Waals surface area contributed by atoms with E-state index in [0.717, 1.165) is 0 Å². The van der Waals surface area contributed by atoms with Gasteiger partial charge in [-0.05, 0) is 55.4 Å². The van der Waals surface area contributed by atoms with E-state index in [1.165, 1.54) is 24.3 Å². The lowest BCUT2D eigenvalue weighted by atomic mass is 10.2. The summed E-state index contributed by atoms with van der Waals surface area (Å²) in [5, 5.41) is 2.36. The van der Waals surface area contributed by atoms with Gasteiger partial charge in [-0.1, -0.05) is 6.07 Å². The van der Waals surface area contributed by atoms with Gasteiger partial charge in [-0.2, -0.15) is 13.2 Å². The number of carbonyl (C=O) groups excluding carboxylic acids is 1. The molecule has 2 aromatic rings. The molecule has 0 unspecified atom stereocenters. The van der Waals surface area contributed by atoms with Gasteiger partial charge in [0.2, 0.25) is 0 Å². The third kappa shape index (κ3) is 4.62. The Hall–Kier alpha value is -2.22. The molecule has 2 rings (SSSR count). The number of thioether (sulfide) groups is 1. The Kier molecular flexibility index (Phi) is 4.84. The Balaban J connectivity index is 2.32. The molecule has 0 spiro atoms. The predicted molar refractivity (Wildman–Crippen MR) is 82.8 cm³/mol. The molecule has 1 heterocycles. The summed E-state index contributed by atoms with van der Waals surface area (Å²) >= 11 is -0.315. The molecule has 0 saturated heterocycles. The summed E-state index contributed by atoms with van der Waals surface area (Å²) in [6, 6.07) is 7.15. The molecule has 0 fully saturated rings. The van der Waals surface area contributed by atoms with Gasteiger partial charge in [0.05, 0.1) is 5.69 Å². The molecule has 0 saturated carbocycles. The number of H-pyrrole nitrogens is 1. The molecule has 0 aliphatic carbocycles. The van der Waals surface area contributed by atoms with E-state index in [1.807, 2.05) is 0 Å². The van der Waals surface area contributed by atoms with Crippen molar-refractivity contribution >= 4 is 23.4 Å². The summed E-state index contributed by atoms with van der Waals surface area (Å²) in [6.45, 7) is 3.30. The molecule has 0 aliphatic rings. The van der Waals surface area contributed by atoms with Gasteiger partial charge in [0.15, 0.2) is 0 Å². The average Bonchev–Trinajstić information content (AvgIpc) is 2.40. The molecule has 0 atom stereocenters. The number of pyridine rings is 1. The molecule has 1 aromatic carbocycles. The van der Waals surface area contributed by atoms with Crippen molar-refractivity contribution in [2.24, 2.45) is 0 Å². The number of amides is 1. The first kappa shape index (κ1) is 17.1. The number of hydrogen-bond acceptors (Lipinski definition) is 3. The van der Waals surface area contributed by atoms with E-state index >= 15 is 0 Å². The number of halogens is 3. The summed E-state index contributed by atoms with van der Waals surface area (Å²) in [7, 11) is 0. The van der Waals surface area contributed by atoms with Crippen LogP contribution in [0.25, 0.3) is 0 Å². The highest BCUT2D eigenvalue weighted by molar-refractivity contribution is 8.00. The van der Waals surface area contributed by atoms with Crippen molar-refractivity contribution in [2.45, 2.75) is 24.3 Å². The smallest absolute Gasteiger partial charge is 0.326 e. The summed E-state index contributed by atoms with van der Waals surface area (Å²) in [4.78, 5) is 26.2. The fourth-order valence-electron chi connectivity index (χ4n) is 1.88. The lowest BCUT2D eigenvalue weighted by Crippen LogP contribution is -2.23. The minimum Gasteiger partial charge on any atom is -0.326 e. The average molecular weight is 342 g/mol.